The molecule has 0 spiro atoms. The number of unbranched alkanes of at least 4 members (excludes halogenated alkanes) is 17. The van der Waals surface area contributed by atoms with Crippen LogP contribution in [-0.2, 0) is 36.2 Å². The van der Waals surface area contributed by atoms with E-state index in [-0.39, 0.29) is 32.9 Å². The normalized spacial score (nSPS) is 13.5. The summed E-state index contributed by atoms with van der Waals surface area (Å²) in [6.45, 7) is 3.75. The van der Waals surface area contributed by atoms with E-state index in [4.69, 9.17) is 18.5 Å². The Hall–Kier alpha value is -2.26. The number of ether oxygens (including phenoxy) is 2. The lowest BCUT2D eigenvalue weighted by Crippen LogP contribution is -2.40. The average Bonchev–Trinajstić information content (AvgIpc) is 3.12. The van der Waals surface area contributed by atoms with Crippen LogP contribution in [0.15, 0.2) is 60.7 Å². The van der Waals surface area contributed by atoms with E-state index in [1.54, 1.807) is 0 Å². The number of benzene rings is 2. The van der Waals surface area contributed by atoms with Crippen molar-refractivity contribution >= 4 is 13.9 Å². The first kappa shape index (κ1) is 46.9. The van der Waals surface area contributed by atoms with Crippen molar-refractivity contribution in [3.63, 3.8) is 0 Å². The van der Waals surface area contributed by atoms with Gasteiger partial charge in [0.1, 0.15) is 25.9 Å². The molecule has 0 bridgehead atoms. The third kappa shape index (κ3) is 26.2. The standard InChI is InChI=1S/C43H73N2O7P/c1-5-6-7-8-9-10-11-12-13-14-15-16-17-18-19-20-21-28-34-49-39-42(52-53(47,48)51-35-33-45(2,3)4)37-44(36-40-29-24-22-25-30-40)43(46)50-38-41-31-26-23-27-32-41/h22-27,29-32,42H,5-21,28,33-39H2,1-4H3/p+1. The lowest BCUT2D eigenvalue weighted by Gasteiger charge is -2.29. The number of hydrogen-bond donors (Lipinski definition) is 1. The topological polar surface area (TPSA) is 94.5 Å². The lowest BCUT2D eigenvalue weighted by molar-refractivity contribution is -0.870. The molecule has 0 aromatic heterocycles. The Morgan fingerprint density at radius 3 is 1.66 bits per heavy atom. The number of carbonyl (C=O) groups excluding carboxylic acids is 1. The molecular formula is C43H74N2O7P+. The Morgan fingerprint density at radius 2 is 1.17 bits per heavy atom. The van der Waals surface area contributed by atoms with Crippen molar-refractivity contribution in [3.05, 3.63) is 71.8 Å². The second-order valence-corrected chi connectivity index (χ2v) is 16.9. The van der Waals surface area contributed by atoms with E-state index in [1.807, 2.05) is 81.8 Å². The molecule has 0 aliphatic carbocycles. The Labute approximate surface area is 322 Å². The van der Waals surface area contributed by atoms with E-state index in [0.29, 0.717) is 17.6 Å². The van der Waals surface area contributed by atoms with Gasteiger partial charge in [-0.2, -0.15) is 0 Å². The number of carbonyl (C=O) groups is 1. The summed E-state index contributed by atoms with van der Waals surface area (Å²) in [7, 11) is 1.50. The van der Waals surface area contributed by atoms with Gasteiger partial charge in [0.15, 0.2) is 0 Å². The molecule has 0 saturated heterocycles. The Morgan fingerprint density at radius 1 is 0.698 bits per heavy atom. The zero-order valence-electron chi connectivity index (χ0n) is 33.8. The fourth-order valence-electron chi connectivity index (χ4n) is 6.15. The molecule has 9 nitrogen and oxygen atoms in total. The van der Waals surface area contributed by atoms with Gasteiger partial charge in [0.2, 0.25) is 0 Å². The monoisotopic (exact) mass is 762 g/mol. The highest BCUT2D eigenvalue weighted by Crippen LogP contribution is 2.44. The van der Waals surface area contributed by atoms with E-state index >= 15 is 0 Å². The van der Waals surface area contributed by atoms with Gasteiger partial charge in [0.25, 0.3) is 0 Å². The van der Waals surface area contributed by atoms with E-state index < -0.39 is 20.0 Å². The summed E-state index contributed by atoms with van der Waals surface area (Å²) in [4.78, 5) is 25.6. The molecule has 1 N–H and O–H groups in total. The van der Waals surface area contributed by atoms with Crippen LogP contribution in [0.4, 0.5) is 4.79 Å². The molecule has 2 rings (SSSR count). The highest BCUT2D eigenvalue weighted by Gasteiger charge is 2.31. The van der Waals surface area contributed by atoms with Gasteiger partial charge in [-0.1, -0.05) is 177 Å². The lowest BCUT2D eigenvalue weighted by atomic mass is 10.0. The van der Waals surface area contributed by atoms with Crippen molar-refractivity contribution in [2.24, 2.45) is 0 Å². The third-order valence-corrected chi connectivity index (χ3v) is 10.4. The SMILES string of the molecule is CCCCCCCCCCCCCCCCCCCCOCC(CN(Cc1ccccc1)C(=O)OCc1ccccc1)OP(=O)(O)OCC[N+](C)(C)C. The number of quaternary nitrogens is 1. The van der Waals surface area contributed by atoms with Gasteiger partial charge in [0, 0.05) is 13.2 Å². The Bertz CT molecular complexity index is 1210. The first-order valence-electron chi connectivity index (χ1n) is 20.6. The molecule has 0 saturated carbocycles. The van der Waals surface area contributed by atoms with Gasteiger partial charge in [-0.15, -0.1) is 0 Å². The predicted octanol–water partition coefficient (Wildman–Crippen LogP) is 11.1. The highest BCUT2D eigenvalue weighted by atomic mass is 31.2. The fourth-order valence-corrected chi connectivity index (χ4v) is 7.03. The van der Waals surface area contributed by atoms with Crippen LogP contribution in [0.25, 0.3) is 0 Å². The second kappa shape index (κ2) is 29.1. The zero-order valence-corrected chi connectivity index (χ0v) is 34.7. The minimum atomic E-state index is -4.43. The summed E-state index contributed by atoms with van der Waals surface area (Å²) in [6.07, 6.45) is 22.2. The maximum atomic E-state index is 13.4. The number of phosphoric acid groups is 1. The quantitative estimate of drug-likeness (QED) is 0.0439. The molecule has 0 heterocycles. The molecule has 2 aromatic carbocycles. The molecule has 10 heteroatoms. The van der Waals surface area contributed by atoms with Crippen LogP contribution in [-0.4, -0.2) is 80.5 Å². The number of nitrogens with zero attached hydrogens (tertiary/aromatic N) is 2. The molecule has 0 radical (unpaired) electrons. The van der Waals surface area contributed by atoms with Gasteiger partial charge in [-0.05, 0) is 17.5 Å². The summed E-state index contributed by atoms with van der Waals surface area (Å²) in [5.41, 5.74) is 1.76. The van der Waals surface area contributed by atoms with Crippen LogP contribution >= 0.6 is 7.82 Å². The molecule has 53 heavy (non-hydrogen) atoms. The van der Waals surface area contributed by atoms with Crippen LogP contribution in [0.3, 0.4) is 0 Å². The van der Waals surface area contributed by atoms with Gasteiger partial charge in [-0.25, -0.2) is 9.36 Å². The summed E-state index contributed by atoms with van der Waals surface area (Å²) in [5.74, 6) is 0. The number of hydrogen-bond acceptors (Lipinski definition) is 6. The van der Waals surface area contributed by atoms with Crippen molar-refractivity contribution in [1.29, 1.82) is 0 Å². The van der Waals surface area contributed by atoms with Crippen molar-refractivity contribution in [1.82, 2.24) is 4.90 Å². The van der Waals surface area contributed by atoms with Gasteiger partial charge in [-0.3, -0.25) is 9.05 Å². The van der Waals surface area contributed by atoms with E-state index in [2.05, 4.69) is 6.92 Å². The van der Waals surface area contributed by atoms with Crippen LogP contribution in [0.5, 0.6) is 0 Å². The Balaban J connectivity index is 1.77. The predicted molar refractivity (Wildman–Crippen MR) is 217 cm³/mol. The first-order chi connectivity index (χ1) is 25.6. The zero-order chi connectivity index (χ0) is 38.5. The number of rotatable bonds is 33. The van der Waals surface area contributed by atoms with Gasteiger partial charge in [0.05, 0.1) is 34.3 Å². The Kier molecular flexibility index (Phi) is 25.7. The molecular weight excluding hydrogens is 687 g/mol. The van der Waals surface area contributed by atoms with Gasteiger partial charge < -0.3 is 23.8 Å². The molecule has 0 aliphatic rings. The van der Waals surface area contributed by atoms with Crippen molar-refractivity contribution in [3.8, 4) is 0 Å². The summed E-state index contributed by atoms with van der Waals surface area (Å²) >= 11 is 0. The summed E-state index contributed by atoms with van der Waals surface area (Å²) in [6, 6.07) is 19.1. The smallest absolute Gasteiger partial charge is 0.445 e. The second-order valence-electron chi connectivity index (χ2n) is 15.5. The molecule has 0 aliphatic heterocycles. The molecule has 0 fully saturated rings. The molecule has 2 unspecified atom stereocenters. The number of likely N-dealkylation sites (N-methyl/N-ethyl adjacent to an activating group) is 1. The van der Waals surface area contributed by atoms with Crippen molar-refractivity contribution in [2.45, 2.75) is 142 Å². The van der Waals surface area contributed by atoms with E-state index in [9.17, 15) is 14.3 Å². The minimum absolute atomic E-state index is 0.00904. The van der Waals surface area contributed by atoms with Crippen LogP contribution in [0.1, 0.15) is 134 Å². The van der Waals surface area contributed by atoms with Crippen LogP contribution in [0.2, 0.25) is 0 Å². The number of amides is 1. The van der Waals surface area contributed by atoms with Crippen LogP contribution in [0, 0.1) is 0 Å². The third-order valence-electron chi connectivity index (χ3n) is 9.35. The molecule has 1 amide bonds. The van der Waals surface area contributed by atoms with E-state index in [0.717, 1.165) is 24.0 Å². The minimum Gasteiger partial charge on any atom is -0.445 e. The number of phosphoric ester groups is 1. The molecule has 2 atom stereocenters. The van der Waals surface area contributed by atoms with Crippen molar-refractivity contribution in [2.75, 3.05) is 54.1 Å². The van der Waals surface area contributed by atoms with E-state index in [1.165, 1.54) is 108 Å². The summed E-state index contributed by atoms with van der Waals surface area (Å²) in [5, 5.41) is 0. The average molecular weight is 762 g/mol. The largest absolute Gasteiger partial charge is 0.472 e. The molecule has 302 valence electrons. The summed E-state index contributed by atoms with van der Waals surface area (Å²) < 4.78 is 36.3. The molecule has 2 aromatic rings. The van der Waals surface area contributed by atoms with Crippen LogP contribution < -0.4 is 0 Å². The maximum absolute atomic E-state index is 13.4. The van der Waals surface area contributed by atoms with Gasteiger partial charge >= 0.3 is 13.9 Å². The van der Waals surface area contributed by atoms with Crippen molar-refractivity contribution < 1.29 is 37.3 Å². The fraction of sp³-hybridized carbons (Fsp3) is 0.698. The maximum Gasteiger partial charge on any atom is 0.472 e. The highest BCUT2D eigenvalue weighted by molar-refractivity contribution is 7.47. The first-order valence-corrected chi connectivity index (χ1v) is 22.1.